The van der Waals surface area contributed by atoms with Gasteiger partial charge >= 0.3 is 0 Å². The zero-order chi connectivity index (χ0) is 13.0. The zero-order valence-electron chi connectivity index (χ0n) is 9.81. The van der Waals surface area contributed by atoms with E-state index in [0.717, 1.165) is 21.4 Å². The van der Waals surface area contributed by atoms with E-state index >= 15 is 0 Å². The summed E-state index contributed by atoms with van der Waals surface area (Å²) in [4.78, 5) is 12.0. The first-order chi connectivity index (χ1) is 8.69. The van der Waals surface area contributed by atoms with Gasteiger partial charge in [0.25, 0.3) is 5.91 Å². The summed E-state index contributed by atoms with van der Waals surface area (Å²) in [6, 6.07) is 7.43. The summed E-state index contributed by atoms with van der Waals surface area (Å²) in [5.74, 6) is -0.146. The van der Waals surface area contributed by atoms with Gasteiger partial charge in [-0.25, -0.2) is 0 Å². The number of aromatic nitrogens is 2. The molecule has 0 radical (unpaired) electrons. The number of hydrogen-bond donors (Lipinski definition) is 1. The topological polar surface area (TPSA) is 54.9 Å². The van der Waals surface area contributed by atoms with E-state index in [0.29, 0.717) is 10.7 Å². The van der Waals surface area contributed by atoms with E-state index in [1.807, 2.05) is 18.2 Å². The molecule has 0 bridgehead atoms. The van der Waals surface area contributed by atoms with Gasteiger partial charge in [-0.2, -0.15) is 0 Å². The minimum Gasteiger partial charge on any atom is -0.296 e. The minimum atomic E-state index is -0.146. The Labute approximate surface area is 123 Å². The minimum absolute atomic E-state index is 0.146. The van der Waals surface area contributed by atoms with Gasteiger partial charge in [-0.3, -0.25) is 10.1 Å². The van der Waals surface area contributed by atoms with Gasteiger partial charge in [0.05, 0.1) is 0 Å². The van der Waals surface area contributed by atoms with Crippen LogP contribution >= 0.6 is 33.9 Å². The zero-order valence-corrected chi connectivity index (χ0v) is 12.8. The molecule has 0 aliphatic heterocycles. The molecule has 1 amide bonds. The Morgan fingerprint density at radius 2 is 2.28 bits per heavy atom. The Bertz CT molecular complexity index is 556. The fraction of sp³-hybridized carbons (Fsp3) is 0.250. The van der Waals surface area contributed by atoms with Crippen LogP contribution in [-0.4, -0.2) is 16.1 Å². The van der Waals surface area contributed by atoms with Crippen molar-refractivity contribution < 1.29 is 4.79 Å². The van der Waals surface area contributed by atoms with E-state index in [9.17, 15) is 4.79 Å². The summed E-state index contributed by atoms with van der Waals surface area (Å²) in [5.41, 5.74) is 0.633. The lowest BCUT2D eigenvalue weighted by atomic mass is 10.2. The lowest BCUT2D eigenvalue weighted by Crippen LogP contribution is -2.11. The summed E-state index contributed by atoms with van der Waals surface area (Å²) >= 11 is 3.61. The molecule has 18 heavy (non-hydrogen) atoms. The first-order valence-electron chi connectivity index (χ1n) is 5.58. The maximum absolute atomic E-state index is 12.0. The molecule has 1 aromatic carbocycles. The molecule has 2 rings (SSSR count). The second-order valence-corrected chi connectivity index (χ2v) is 6.02. The predicted molar refractivity (Wildman–Crippen MR) is 81.0 cm³/mol. The first kappa shape index (κ1) is 13.4. The molecule has 0 aliphatic rings. The molecule has 1 aromatic heterocycles. The number of nitrogens with one attached hydrogen (secondary N) is 1. The molecule has 0 spiro atoms. The molecule has 4 nitrogen and oxygen atoms in total. The third kappa shape index (κ3) is 3.49. The van der Waals surface area contributed by atoms with E-state index in [-0.39, 0.29) is 5.91 Å². The predicted octanol–water partition coefficient (Wildman–Crippen LogP) is 3.35. The largest absolute Gasteiger partial charge is 0.296 e. The summed E-state index contributed by atoms with van der Waals surface area (Å²) in [5, 5.41) is 12.3. The van der Waals surface area contributed by atoms with Crippen molar-refractivity contribution in [2.75, 3.05) is 5.32 Å². The normalized spacial score (nSPS) is 10.3. The van der Waals surface area contributed by atoms with Crippen molar-refractivity contribution >= 4 is 45.0 Å². The maximum Gasteiger partial charge on any atom is 0.257 e. The Morgan fingerprint density at radius 1 is 1.44 bits per heavy atom. The van der Waals surface area contributed by atoms with Gasteiger partial charge < -0.3 is 0 Å². The number of anilines is 1. The Morgan fingerprint density at radius 3 is 3.00 bits per heavy atom. The fourth-order valence-corrected chi connectivity index (χ4v) is 2.80. The standard InChI is InChI=1S/C12H12IN3OS/c1-2-4-10-15-16-12(18-10)14-11(17)8-5-3-6-9(13)7-8/h3,5-7H,2,4H2,1H3,(H,14,16,17). The van der Waals surface area contributed by atoms with Crippen LogP contribution in [0.5, 0.6) is 0 Å². The van der Waals surface area contributed by atoms with Crippen LogP contribution in [0.4, 0.5) is 5.13 Å². The van der Waals surface area contributed by atoms with E-state index in [2.05, 4.69) is 45.0 Å². The highest BCUT2D eigenvalue weighted by Crippen LogP contribution is 2.17. The van der Waals surface area contributed by atoms with Crippen LogP contribution in [0.25, 0.3) is 0 Å². The van der Waals surface area contributed by atoms with Crippen LogP contribution < -0.4 is 5.32 Å². The van der Waals surface area contributed by atoms with Gasteiger partial charge in [-0.15, -0.1) is 10.2 Å². The second-order valence-electron chi connectivity index (χ2n) is 3.72. The number of carbonyl (C=O) groups excluding carboxylic acids is 1. The number of hydrogen-bond acceptors (Lipinski definition) is 4. The maximum atomic E-state index is 12.0. The Kier molecular flexibility index (Phi) is 4.65. The number of carbonyl (C=O) groups is 1. The molecular formula is C12H12IN3OS. The summed E-state index contributed by atoms with van der Waals surface area (Å²) in [6.07, 6.45) is 1.93. The van der Waals surface area contributed by atoms with Gasteiger partial charge in [0.1, 0.15) is 5.01 Å². The van der Waals surface area contributed by atoms with Crippen molar-refractivity contribution in [1.82, 2.24) is 10.2 Å². The SMILES string of the molecule is CCCc1nnc(NC(=O)c2cccc(I)c2)s1. The van der Waals surface area contributed by atoms with Crippen LogP contribution in [0.2, 0.25) is 0 Å². The smallest absolute Gasteiger partial charge is 0.257 e. The molecule has 1 heterocycles. The number of benzene rings is 1. The van der Waals surface area contributed by atoms with Gasteiger partial charge in [0, 0.05) is 15.6 Å². The van der Waals surface area contributed by atoms with Crippen molar-refractivity contribution in [3.63, 3.8) is 0 Å². The molecule has 2 aromatic rings. The summed E-state index contributed by atoms with van der Waals surface area (Å²) in [6.45, 7) is 2.09. The van der Waals surface area contributed by atoms with Gasteiger partial charge in [-0.1, -0.05) is 24.3 Å². The quantitative estimate of drug-likeness (QED) is 0.837. The third-order valence-electron chi connectivity index (χ3n) is 2.24. The van der Waals surface area contributed by atoms with Crippen molar-refractivity contribution in [3.8, 4) is 0 Å². The molecule has 1 N–H and O–H groups in total. The number of halogens is 1. The fourth-order valence-electron chi connectivity index (χ4n) is 1.42. The van der Waals surface area contributed by atoms with Crippen LogP contribution in [0.1, 0.15) is 28.7 Å². The van der Waals surface area contributed by atoms with Crippen molar-refractivity contribution in [2.24, 2.45) is 0 Å². The lowest BCUT2D eigenvalue weighted by molar-refractivity contribution is 0.102. The second kappa shape index (κ2) is 6.24. The average molecular weight is 373 g/mol. The van der Waals surface area contributed by atoms with Crippen molar-refractivity contribution in [1.29, 1.82) is 0 Å². The number of aryl methyl sites for hydroxylation is 1. The average Bonchev–Trinajstić information content (AvgIpc) is 2.77. The lowest BCUT2D eigenvalue weighted by Gasteiger charge is -2.01. The molecule has 0 atom stereocenters. The number of nitrogens with zero attached hydrogens (tertiary/aromatic N) is 2. The van der Waals surface area contributed by atoms with Crippen LogP contribution in [-0.2, 0) is 6.42 Å². The molecule has 0 unspecified atom stereocenters. The van der Waals surface area contributed by atoms with E-state index in [1.165, 1.54) is 11.3 Å². The first-order valence-corrected chi connectivity index (χ1v) is 7.48. The third-order valence-corrected chi connectivity index (χ3v) is 3.81. The Hall–Kier alpha value is -1.02. The van der Waals surface area contributed by atoms with Crippen LogP contribution in [0.3, 0.4) is 0 Å². The molecule has 0 fully saturated rings. The van der Waals surface area contributed by atoms with Crippen molar-refractivity contribution in [2.45, 2.75) is 19.8 Å². The van der Waals surface area contributed by atoms with Crippen LogP contribution in [0, 0.1) is 3.57 Å². The Balaban J connectivity index is 2.06. The van der Waals surface area contributed by atoms with Crippen molar-refractivity contribution in [3.05, 3.63) is 38.4 Å². The van der Waals surface area contributed by atoms with E-state index < -0.39 is 0 Å². The summed E-state index contributed by atoms with van der Waals surface area (Å²) in [7, 11) is 0. The van der Waals surface area contributed by atoms with Gasteiger partial charge in [0.2, 0.25) is 5.13 Å². The highest BCUT2D eigenvalue weighted by molar-refractivity contribution is 14.1. The molecule has 94 valence electrons. The highest BCUT2D eigenvalue weighted by Gasteiger charge is 2.09. The molecule has 0 aliphatic carbocycles. The monoisotopic (exact) mass is 373 g/mol. The number of rotatable bonds is 4. The molecular weight excluding hydrogens is 361 g/mol. The summed E-state index contributed by atoms with van der Waals surface area (Å²) < 4.78 is 1.03. The molecule has 0 saturated carbocycles. The van der Waals surface area contributed by atoms with Gasteiger partial charge in [0.15, 0.2) is 0 Å². The van der Waals surface area contributed by atoms with E-state index in [1.54, 1.807) is 6.07 Å². The molecule has 0 saturated heterocycles. The molecule has 6 heteroatoms. The highest BCUT2D eigenvalue weighted by atomic mass is 127. The van der Waals surface area contributed by atoms with Gasteiger partial charge in [-0.05, 0) is 47.2 Å². The number of amides is 1. The van der Waals surface area contributed by atoms with Crippen LogP contribution in [0.15, 0.2) is 24.3 Å². The van der Waals surface area contributed by atoms with E-state index in [4.69, 9.17) is 0 Å².